The Balaban J connectivity index is 0.00000113. The Morgan fingerprint density at radius 1 is 1.10 bits per heavy atom. The maximum Gasteiger partial charge on any atom is 0.176 e. The van der Waals surface area contributed by atoms with Crippen molar-refractivity contribution in [1.29, 1.82) is 0 Å². The van der Waals surface area contributed by atoms with Crippen molar-refractivity contribution in [3.05, 3.63) is 84.7 Å². The predicted molar refractivity (Wildman–Crippen MR) is 138 cm³/mol. The first kappa shape index (κ1) is 26.0. The zero-order valence-electron chi connectivity index (χ0n) is 19.3. The zero-order chi connectivity index (χ0) is 23.2. The van der Waals surface area contributed by atoms with E-state index in [0.717, 1.165) is 27.4 Å². The molecule has 5 heteroatoms. The molecule has 0 aliphatic carbocycles. The van der Waals surface area contributed by atoms with E-state index in [2.05, 4.69) is 22.4 Å². The number of benzene rings is 1. The van der Waals surface area contributed by atoms with Crippen LogP contribution in [0.2, 0.25) is 0 Å². The van der Waals surface area contributed by atoms with Crippen LogP contribution in [0.25, 0.3) is 11.2 Å². The molecule has 2 aromatic heterocycles. The van der Waals surface area contributed by atoms with E-state index in [-0.39, 0.29) is 5.78 Å². The molecule has 0 saturated carbocycles. The number of anilines is 1. The van der Waals surface area contributed by atoms with E-state index in [1.54, 1.807) is 19.2 Å². The van der Waals surface area contributed by atoms with Crippen molar-refractivity contribution >= 4 is 40.8 Å². The molecule has 1 aromatic carbocycles. The smallest absolute Gasteiger partial charge is 0.176 e. The van der Waals surface area contributed by atoms with E-state index in [0.29, 0.717) is 5.69 Å². The summed E-state index contributed by atoms with van der Waals surface area (Å²) in [5.41, 5.74) is 4.34. The molecule has 4 nitrogen and oxygen atoms in total. The Kier molecular flexibility index (Phi) is 11.8. The Hall–Kier alpha value is -3.05. The number of nitrogens with one attached hydrogen (secondary N) is 1. The third kappa shape index (κ3) is 7.00. The first-order valence-corrected chi connectivity index (χ1v) is 11.4. The number of fused-ring (bicyclic) bond motifs is 1. The third-order valence-electron chi connectivity index (χ3n) is 4.03. The van der Waals surface area contributed by atoms with Crippen LogP contribution in [0.15, 0.2) is 83.3 Å². The van der Waals surface area contributed by atoms with Gasteiger partial charge in [-0.05, 0) is 49.2 Å². The van der Waals surface area contributed by atoms with Crippen molar-refractivity contribution in [2.45, 2.75) is 46.4 Å². The number of aromatic nitrogens is 1. The molecule has 0 bridgehead atoms. The summed E-state index contributed by atoms with van der Waals surface area (Å²) in [4.78, 5) is 17.6. The normalized spacial score (nSPS) is 10.7. The van der Waals surface area contributed by atoms with Crippen LogP contribution >= 0.6 is 11.9 Å². The molecule has 2 heterocycles. The van der Waals surface area contributed by atoms with Gasteiger partial charge in [0, 0.05) is 35.5 Å². The third-order valence-corrected chi connectivity index (χ3v) is 4.86. The summed E-state index contributed by atoms with van der Waals surface area (Å²) >= 11 is 1.53. The Bertz CT molecular complexity index is 1030. The standard InChI is InChI=1S/C22H21N3OS.2C2H6/c1-4-12-23-20(5-2)19-15-21(16(3)26)25-13-11-18(14-22(19)25)27-24-17-9-7-6-8-10-17;2*1-2/h4-15,24H,1H2,2-3H3;2*1-2H3/b20-5-,23-12?;;. The highest BCUT2D eigenvalue weighted by Gasteiger charge is 2.15. The molecule has 0 atom stereocenters. The molecule has 31 heavy (non-hydrogen) atoms. The molecule has 164 valence electrons. The van der Waals surface area contributed by atoms with E-state index < -0.39 is 0 Å². The molecule has 0 aliphatic heterocycles. The number of aliphatic imine (C=N–C) groups is 1. The Morgan fingerprint density at radius 2 is 1.77 bits per heavy atom. The molecular weight excluding hydrogens is 402 g/mol. The number of allylic oxidation sites excluding steroid dienone is 2. The number of para-hydroxylation sites is 1. The molecule has 3 aromatic rings. The summed E-state index contributed by atoms with van der Waals surface area (Å²) in [6.45, 7) is 15.2. The van der Waals surface area contributed by atoms with Crippen LogP contribution in [0.4, 0.5) is 5.69 Å². The van der Waals surface area contributed by atoms with Crippen LogP contribution in [0.1, 0.15) is 57.6 Å². The van der Waals surface area contributed by atoms with Gasteiger partial charge in [0.1, 0.15) is 0 Å². The van der Waals surface area contributed by atoms with Crippen LogP contribution in [0, 0.1) is 0 Å². The zero-order valence-corrected chi connectivity index (χ0v) is 20.2. The van der Waals surface area contributed by atoms with Gasteiger partial charge in [0.05, 0.1) is 16.9 Å². The first-order chi connectivity index (χ1) is 15.1. The minimum atomic E-state index is 0.0159. The molecule has 3 rings (SSSR count). The number of hydrogen-bond donors (Lipinski definition) is 1. The van der Waals surface area contributed by atoms with Crippen LogP contribution in [-0.2, 0) is 0 Å². The lowest BCUT2D eigenvalue weighted by Crippen LogP contribution is -1.98. The maximum atomic E-state index is 12.1. The van der Waals surface area contributed by atoms with E-state index >= 15 is 0 Å². The minimum Gasteiger partial charge on any atom is -0.326 e. The van der Waals surface area contributed by atoms with Crippen LogP contribution < -0.4 is 4.72 Å². The highest BCUT2D eigenvalue weighted by Crippen LogP contribution is 2.29. The number of Topliss-reactive ketones (excluding diaryl/α,β-unsaturated/α-hetero) is 1. The van der Waals surface area contributed by atoms with E-state index in [9.17, 15) is 4.79 Å². The van der Waals surface area contributed by atoms with Gasteiger partial charge in [-0.15, -0.1) is 0 Å². The summed E-state index contributed by atoms with van der Waals surface area (Å²) < 4.78 is 5.25. The quantitative estimate of drug-likeness (QED) is 0.233. The van der Waals surface area contributed by atoms with Crippen molar-refractivity contribution in [1.82, 2.24) is 4.40 Å². The maximum absolute atomic E-state index is 12.1. The van der Waals surface area contributed by atoms with Crippen LogP contribution in [-0.4, -0.2) is 16.4 Å². The summed E-state index contributed by atoms with van der Waals surface area (Å²) in [5.74, 6) is 0.0159. The predicted octanol–water partition coefficient (Wildman–Crippen LogP) is 7.93. The molecule has 0 fully saturated rings. The minimum absolute atomic E-state index is 0.0159. The fraction of sp³-hybridized carbons (Fsp3) is 0.231. The topological polar surface area (TPSA) is 45.9 Å². The highest BCUT2D eigenvalue weighted by molar-refractivity contribution is 8.00. The van der Waals surface area contributed by atoms with Gasteiger partial charge in [0.15, 0.2) is 5.78 Å². The van der Waals surface area contributed by atoms with E-state index in [1.165, 1.54) is 11.9 Å². The molecule has 1 N–H and O–H groups in total. The monoisotopic (exact) mass is 435 g/mol. The molecule has 0 radical (unpaired) electrons. The lowest BCUT2D eigenvalue weighted by Gasteiger charge is -2.07. The largest absolute Gasteiger partial charge is 0.326 e. The Morgan fingerprint density at radius 3 is 2.35 bits per heavy atom. The van der Waals surface area contributed by atoms with E-state index in [1.807, 2.05) is 93.8 Å². The SMILES string of the molecule is C=CC=N/C(=C\C)c1cc(C(C)=O)n2ccc(SNc3ccccc3)cc12.CC.CC. The summed E-state index contributed by atoms with van der Waals surface area (Å²) in [6.07, 6.45) is 7.15. The molecule has 0 aliphatic rings. The summed E-state index contributed by atoms with van der Waals surface area (Å²) in [6, 6.07) is 16.0. The molecule has 0 amide bonds. The summed E-state index contributed by atoms with van der Waals surface area (Å²) in [7, 11) is 0. The number of carbonyl (C=O) groups excluding carboxylic acids is 1. The van der Waals surface area contributed by atoms with Gasteiger partial charge in [0.2, 0.25) is 0 Å². The van der Waals surface area contributed by atoms with Crippen molar-refractivity contribution in [2.24, 2.45) is 4.99 Å². The second-order valence-electron chi connectivity index (χ2n) is 5.88. The van der Waals surface area contributed by atoms with Crippen molar-refractivity contribution < 1.29 is 4.79 Å². The molecule has 0 saturated heterocycles. The second kappa shape index (κ2) is 14.0. The number of hydrogen-bond acceptors (Lipinski definition) is 4. The lowest BCUT2D eigenvalue weighted by molar-refractivity contribution is 0.101. The van der Waals surface area contributed by atoms with Gasteiger partial charge < -0.3 is 9.12 Å². The average molecular weight is 436 g/mol. The number of carbonyl (C=O) groups is 1. The van der Waals surface area contributed by atoms with Gasteiger partial charge in [0.25, 0.3) is 0 Å². The summed E-state index contributed by atoms with van der Waals surface area (Å²) in [5, 5.41) is 0. The van der Waals surface area contributed by atoms with E-state index in [4.69, 9.17) is 0 Å². The first-order valence-electron chi connectivity index (χ1n) is 10.6. The van der Waals surface area contributed by atoms with Crippen LogP contribution in [0.3, 0.4) is 0 Å². The van der Waals surface area contributed by atoms with Gasteiger partial charge in [-0.1, -0.05) is 64.6 Å². The number of nitrogens with zero attached hydrogens (tertiary/aromatic N) is 2. The van der Waals surface area contributed by atoms with Gasteiger partial charge in [-0.25, -0.2) is 0 Å². The molecule has 0 unspecified atom stereocenters. The van der Waals surface area contributed by atoms with Gasteiger partial charge >= 0.3 is 0 Å². The van der Waals surface area contributed by atoms with Gasteiger partial charge in [-0.2, -0.15) is 0 Å². The second-order valence-corrected chi connectivity index (χ2v) is 6.75. The number of rotatable bonds is 7. The van der Waals surface area contributed by atoms with Gasteiger partial charge in [-0.3, -0.25) is 9.79 Å². The number of pyridine rings is 1. The molecular formula is C26H33N3OS. The lowest BCUT2D eigenvalue weighted by atomic mass is 10.1. The molecule has 0 spiro atoms. The highest BCUT2D eigenvalue weighted by atomic mass is 32.2. The van der Waals surface area contributed by atoms with Crippen molar-refractivity contribution in [2.75, 3.05) is 4.72 Å². The van der Waals surface area contributed by atoms with Crippen molar-refractivity contribution in [3.63, 3.8) is 0 Å². The number of ketones is 1. The fourth-order valence-electron chi connectivity index (χ4n) is 2.78. The van der Waals surface area contributed by atoms with Crippen molar-refractivity contribution in [3.8, 4) is 0 Å². The Labute approximate surface area is 190 Å². The fourth-order valence-corrected chi connectivity index (χ4v) is 3.45. The average Bonchev–Trinajstić information content (AvgIpc) is 3.21. The van der Waals surface area contributed by atoms with Crippen LogP contribution in [0.5, 0.6) is 0 Å².